The number of ether oxygens (including phenoxy) is 1. The molecule has 0 aliphatic carbocycles. The molecule has 6 nitrogen and oxygen atoms in total. The van der Waals surface area contributed by atoms with Crippen LogP contribution in [0.15, 0.2) is 6.20 Å². The molecule has 0 saturated carbocycles. The molecule has 2 atom stereocenters. The number of halogens is 1. The van der Waals surface area contributed by atoms with Gasteiger partial charge in [0.05, 0.1) is 24.4 Å². The number of carbonyl (C=O) groups excluding carboxylic acids is 1. The Bertz CT molecular complexity index is 577. The molecule has 23 heavy (non-hydrogen) atoms. The maximum atomic E-state index is 12.8. The molecule has 0 radical (unpaired) electrons. The van der Waals surface area contributed by atoms with E-state index in [1.54, 1.807) is 6.92 Å². The van der Waals surface area contributed by atoms with Gasteiger partial charge in [0.15, 0.2) is 5.69 Å². The number of aryl methyl sites for hydroxylation is 1. The summed E-state index contributed by atoms with van der Waals surface area (Å²) in [7, 11) is 0. The standard InChI is InChI=1S/C16H23ClN4O2/c1-3-12-9-21(10-14(12)20-4-6-23-7-5-20)16(22)15-13(17)8-18-11(2)19-15/h8,12,14H,3-7,9-10H2,1-2H3/t12-,14-/m1/s1. The van der Waals surface area contributed by atoms with Crippen LogP contribution >= 0.6 is 11.6 Å². The van der Waals surface area contributed by atoms with Gasteiger partial charge in [-0.2, -0.15) is 0 Å². The van der Waals surface area contributed by atoms with Crippen LogP contribution < -0.4 is 0 Å². The lowest BCUT2D eigenvalue weighted by atomic mass is 9.99. The summed E-state index contributed by atoms with van der Waals surface area (Å²) in [6.45, 7) is 8.88. The van der Waals surface area contributed by atoms with Crippen LogP contribution in [-0.2, 0) is 4.74 Å². The van der Waals surface area contributed by atoms with Gasteiger partial charge in [0.1, 0.15) is 5.82 Å². The van der Waals surface area contributed by atoms with E-state index >= 15 is 0 Å². The van der Waals surface area contributed by atoms with Crippen molar-refractivity contribution in [3.8, 4) is 0 Å². The third-order valence-corrected chi connectivity index (χ3v) is 5.08. The molecule has 3 rings (SSSR count). The van der Waals surface area contributed by atoms with E-state index in [-0.39, 0.29) is 5.91 Å². The summed E-state index contributed by atoms with van der Waals surface area (Å²) in [4.78, 5) is 25.4. The van der Waals surface area contributed by atoms with E-state index < -0.39 is 0 Å². The normalized spacial score (nSPS) is 25.8. The number of hydrogen-bond donors (Lipinski definition) is 0. The maximum absolute atomic E-state index is 12.8. The Balaban J connectivity index is 1.75. The topological polar surface area (TPSA) is 58.6 Å². The van der Waals surface area contributed by atoms with E-state index in [2.05, 4.69) is 21.8 Å². The lowest BCUT2D eigenvalue weighted by Gasteiger charge is -2.34. The highest BCUT2D eigenvalue weighted by Crippen LogP contribution is 2.27. The van der Waals surface area contributed by atoms with Gasteiger partial charge in [-0.15, -0.1) is 0 Å². The summed E-state index contributed by atoms with van der Waals surface area (Å²) in [5, 5.41) is 0.323. The van der Waals surface area contributed by atoms with Gasteiger partial charge in [0, 0.05) is 32.2 Å². The molecule has 0 aromatic carbocycles. The van der Waals surface area contributed by atoms with Crippen LogP contribution in [-0.4, -0.2) is 71.1 Å². The Morgan fingerprint density at radius 2 is 2.13 bits per heavy atom. The summed E-state index contributed by atoms with van der Waals surface area (Å²) in [5.74, 6) is 0.960. The first-order valence-electron chi connectivity index (χ1n) is 8.20. The van der Waals surface area contributed by atoms with Crippen LogP contribution in [0, 0.1) is 12.8 Å². The number of nitrogens with zero attached hydrogens (tertiary/aromatic N) is 4. The van der Waals surface area contributed by atoms with Crippen LogP contribution in [0.3, 0.4) is 0 Å². The number of rotatable bonds is 3. The molecular formula is C16H23ClN4O2. The lowest BCUT2D eigenvalue weighted by molar-refractivity contribution is 0.0102. The molecule has 0 bridgehead atoms. The summed E-state index contributed by atoms with van der Waals surface area (Å²) in [6.07, 6.45) is 2.56. The van der Waals surface area contributed by atoms with Gasteiger partial charge < -0.3 is 9.64 Å². The average molecular weight is 339 g/mol. The van der Waals surface area contributed by atoms with E-state index in [1.165, 1.54) is 6.20 Å². The number of amides is 1. The summed E-state index contributed by atoms with van der Waals surface area (Å²) >= 11 is 6.13. The second-order valence-corrected chi connectivity index (χ2v) is 6.62. The Morgan fingerprint density at radius 3 is 2.83 bits per heavy atom. The van der Waals surface area contributed by atoms with Crippen LogP contribution in [0.25, 0.3) is 0 Å². The smallest absolute Gasteiger partial charge is 0.274 e. The van der Waals surface area contributed by atoms with Crippen molar-refractivity contribution in [1.29, 1.82) is 0 Å². The van der Waals surface area contributed by atoms with Crippen molar-refractivity contribution in [3.05, 3.63) is 22.7 Å². The van der Waals surface area contributed by atoms with Gasteiger partial charge in [0.25, 0.3) is 5.91 Å². The molecule has 2 aliphatic rings. The zero-order valence-corrected chi connectivity index (χ0v) is 14.4. The van der Waals surface area contributed by atoms with E-state index in [4.69, 9.17) is 16.3 Å². The molecule has 3 heterocycles. The Kier molecular flexibility index (Phi) is 5.14. The zero-order valence-electron chi connectivity index (χ0n) is 13.7. The monoisotopic (exact) mass is 338 g/mol. The molecule has 1 aromatic heterocycles. The predicted molar refractivity (Wildman–Crippen MR) is 87.6 cm³/mol. The molecule has 0 unspecified atom stereocenters. The second-order valence-electron chi connectivity index (χ2n) is 6.21. The van der Waals surface area contributed by atoms with Gasteiger partial charge in [-0.25, -0.2) is 9.97 Å². The van der Waals surface area contributed by atoms with Crippen LogP contribution in [0.1, 0.15) is 29.7 Å². The van der Waals surface area contributed by atoms with Gasteiger partial charge in [-0.05, 0) is 12.8 Å². The molecule has 0 spiro atoms. The quantitative estimate of drug-likeness (QED) is 0.838. The Morgan fingerprint density at radius 1 is 1.39 bits per heavy atom. The summed E-state index contributed by atoms with van der Waals surface area (Å²) < 4.78 is 5.44. The van der Waals surface area contributed by atoms with Crippen LogP contribution in [0.4, 0.5) is 0 Å². The van der Waals surface area contributed by atoms with Crippen LogP contribution in [0.2, 0.25) is 5.02 Å². The van der Waals surface area contributed by atoms with Gasteiger partial charge in [-0.1, -0.05) is 24.9 Å². The maximum Gasteiger partial charge on any atom is 0.274 e. The SMILES string of the molecule is CC[C@@H]1CN(C(=O)c2nc(C)ncc2Cl)C[C@H]1N1CCOCC1. The first-order valence-corrected chi connectivity index (χ1v) is 8.58. The van der Waals surface area contributed by atoms with E-state index in [0.717, 1.165) is 45.8 Å². The molecule has 1 amide bonds. The van der Waals surface area contributed by atoms with E-state index in [1.807, 2.05) is 4.90 Å². The molecule has 2 aliphatic heterocycles. The second kappa shape index (κ2) is 7.11. The zero-order chi connectivity index (χ0) is 16.4. The first kappa shape index (κ1) is 16.6. The molecule has 1 aromatic rings. The molecule has 7 heteroatoms. The summed E-state index contributed by atoms with van der Waals surface area (Å²) in [5.41, 5.74) is 0.316. The number of carbonyl (C=O) groups is 1. The van der Waals surface area contributed by atoms with Crippen molar-refractivity contribution in [2.24, 2.45) is 5.92 Å². The minimum atomic E-state index is -0.0882. The number of likely N-dealkylation sites (tertiary alicyclic amines) is 1. The highest BCUT2D eigenvalue weighted by molar-refractivity contribution is 6.33. The minimum Gasteiger partial charge on any atom is -0.379 e. The largest absolute Gasteiger partial charge is 0.379 e. The Hall–Kier alpha value is -1.24. The fraction of sp³-hybridized carbons (Fsp3) is 0.688. The lowest BCUT2D eigenvalue weighted by Crippen LogP contribution is -2.47. The van der Waals surface area contributed by atoms with Crippen molar-refractivity contribution in [2.45, 2.75) is 26.3 Å². The van der Waals surface area contributed by atoms with Crippen LogP contribution in [0.5, 0.6) is 0 Å². The average Bonchev–Trinajstić information content (AvgIpc) is 3.01. The highest BCUT2D eigenvalue weighted by Gasteiger charge is 2.39. The fourth-order valence-electron chi connectivity index (χ4n) is 3.50. The number of hydrogen-bond acceptors (Lipinski definition) is 5. The molecule has 0 N–H and O–H groups in total. The van der Waals surface area contributed by atoms with Gasteiger partial charge in [-0.3, -0.25) is 9.69 Å². The first-order chi connectivity index (χ1) is 11.1. The molecular weight excluding hydrogens is 316 g/mol. The van der Waals surface area contributed by atoms with Crippen molar-refractivity contribution in [2.75, 3.05) is 39.4 Å². The van der Waals surface area contributed by atoms with Crippen molar-refractivity contribution < 1.29 is 9.53 Å². The predicted octanol–water partition coefficient (Wildman–Crippen LogP) is 1.62. The van der Waals surface area contributed by atoms with Crippen molar-refractivity contribution >= 4 is 17.5 Å². The third kappa shape index (κ3) is 3.49. The molecule has 2 fully saturated rings. The minimum absolute atomic E-state index is 0.0882. The molecule has 2 saturated heterocycles. The van der Waals surface area contributed by atoms with Crippen molar-refractivity contribution in [1.82, 2.24) is 19.8 Å². The van der Waals surface area contributed by atoms with Crippen molar-refractivity contribution in [3.63, 3.8) is 0 Å². The molecule has 126 valence electrons. The van der Waals surface area contributed by atoms with Gasteiger partial charge in [0.2, 0.25) is 0 Å². The fourth-order valence-corrected chi connectivity index (χ4v) is 3.67. The number of morpholine rings is 1. The highest BCUT2D eigenvalue weighted by atomic mass is 35.5. The van der Waals surface area contributed by atoms with E-state index in [0.29, 0.717) is 28.5 Å². The Labute approximate surface area is 141 Å². The van der Waals surface area contributed by atoms with E-state index in [9.17, 15) is 4.79 Å². The summed E-state index contributed by atoms with van der Waals surface area (Å²) in [6, 6.07) is 0.398. The third-order valence-electron chi connectivity index (χ3n) is 4.80. The number of aromatic nitrogens is 2. The van der Waals surface area contributed by atoms with Gasteiger partial charge >= 0.3 is 0 Å².